The molecule has 30 nitrogen and oxygen atoms in total. The molecular formula is C102H112N18O12. The van der Waals surface area contributed by atoms with Gasteiger partial charge in [-0.3, -0.25) is 66.7 Å². The van der Waals surface area contributed by atoms with Crippen LogP contribution in [-0.4, -0.2) is 220 Å². The molecule has 3 unspecified atom stereocenters. The summed E-state index contributed by atoms with van der Waals surface area (Å²) in [6.07, 6.45) is 19.1. The molecule has 0 radical (unpaired) electrons. The first-order chi connectivity index (χ1) is 64.1. The van der Waals surface area contributed by atoms with Crippen LogP contribution in [0.2, 0.25) is 0 Å². The predicted octanol–water partition coefficient (Wildman–Crippen LogP) is 12.7. The second-order valence-electron chi connectivity index (χ2n) is 36.1. The third-order valence-electron chi connectivity index (χ3n) is 27.2. The number of benzene rings is 5. The molecule has 30 heteroatoms. The van der Waals surface area contributed by atoms with Crippen molar-refractivity contribution in [3.63, 3.8) is 0 Å². The van der Waals surface area contributed by atoms with E-state index in [4.69, 9.17) is 39.3 Å². The smallest absolute Gasteiger partial charge is 0.227 e. The van der Waals surface area contributed by atoms with Gasteiger partial charge in [0.15, 0.2) is 17.3 Å². The van der Waals surface area contributed by atoms with Gasteiger partial charge in [0.05, 0.1) is 84.9 Å². The van der Waals surface area contributed by atoms with Crippen LogP contribution in [0.3, 0.4) is 0 Å². The number of nitrogens with zero attached hydrogens (tertiary/aromatic N) is 18. The Hall–Kier alpha value is -13.2. The number of ketones is 3. The van der Waals surface area contributed by atoms with Crippen LogP contribution in [0.15, 0.2) is 159 Å². The average molecular weight is 1780 g/mol. The minimum atomic E-state index is 0.00417. The first-order valence-corrected chi connectivity index (χ1v) is 46.2. The minimum absolute atomic E-state index is 0.00417. The third-order valence-corrected chi connectivity index (χ3v) is 27.2. The van der Waals surface area contributed by atoms with Gasteiger partial charge in [-0.2, -0.15) is 25.5 Å². The summed E-state index contributed by atoms with van der Waals surface area (Å²) < 4.78 is 32.8. The highest BCUT2D eigenvalue weighted by atomic mass is 16.5. The number of Topliss-reactive ketones (excluding diaryl/α,β-unsaturated/α-hetero) is 3. The van der Waals surface area contributed by atoms with Crippen molar-refractivity contribution in [1.82, 2.24) is 88.4 Å². The molecule has 132 heavy (non-hydrogen) atoms. The van der Waals surface area contributed by atoms with Crippen molar-refractivity contribution in [3.8, 4) is 45.0 Å². The second-order valence-corrected chi connectivity index (χ2v) is 36.1. The fraction of sp³-hybridized carbons (Fsp3) is 0.412. The lowest BCUT2D eigenvalue weighted by molar-refractivity contribution is -0.134. The highest BCUT2D eigenvalue weighted by molar-refractivity contribution is 6.01. The Morgan fingerprint density at radius 1 is 0.409 bits per heavy atom. The molecular weight excluding hydrogens is 1670 g/mol. The molecule has 4 fully saturated rings. The summed E-state index contributed by atoms with van der Waals surface area (Å²) >= 11 is 0. The SMILES string of the molecule is CC(=O)N1CCc2c(c(-c3cccc(C(=O)Cc4ccc5c(cnn5C)c4)c3)nn2C2CCOC2)C1.CC(=O)N1CCc2c(c(-c3cccc(C(=O)Cc4cccnc4)c3)nn2C2CCOC2)C1.CC(=O)N1CCc2c(c(-c3cccc(C(=O)Cc4cncnc4)c3)nn2C2CCOC2)C1.CC(=O)N1CCc2c(c(-c3cccc4c3CC(=O)N(C(C)C)C4)nn2C2CCOCC2)C1. The largest absolute Gasteiger partial charge is 0.381 e. The highest BCUT2D eigenvalue weighted by Crippen LogP contribution is 2.42. The number of aryl methyl sites for hydroxylation is 1. The molecule has 9 aliphatic heterocycles. The second kappa shape index (κ2) is 39.5. The number of amides is 5. The van der Waals surface area contributed by atoms with Gasteiger partial charge >= 0.3 is 0 Å². The maximum Gasteiger partial charge on any atom is 0.227 e. The summed E-state index contributed by atoms with van der Waals surface area (Å²) in [6, 6.07) is 40.2. The van der Waals surface area contributed by atoms with Crippen LogP contribution >= 0.6 is 0 Å². The molecule has 0 spiro atoms. The molecule has 4 saturated heterocycles. The van der Waals surface area contributed by atoms with Crippen molar-refractivity contribution in [2.75, 3.05) is 79.0 Å². The molecule has 12 aromatic rings. The van der Waals surface area contributed by atoms with Crippen molar-refractivity contribution in [1.29, 1.82) is 0 Å². The molecule has 3 atom stereocenters. The van der Waals surface area contributed by atoms with Gasteiger partial charge in [0.25, 0.3) is 0 Å². The predicted molar refractivity (Wildman–Crippen MR) is 493 cm³/mol. The molecule has 9 aliphatic rings. The van der Waals surface area contributed by atoms with Crippen molar-refractivity contribution < 1.29 is 57.3 Å². The number of ether oxygens (including phenoxy) is 4. The van der Waals surface area contributed by atoms with E-state index < -0.39 is 0 Å². The van der Waals surface area contributed by atoms with Crippen molar-refractivity contribution in [2.45, 2.75) is 188 Å². The fourth-order valence-corrected chi connectivity index (χ4v) is 19.9. The molecule has 5 amide bonds. The van der Waals surface area contributed by atoms with E-state index in [9.17, 15) is 38.4 Å². The molecule has 0 N–H and O–H groups in total. The van der Waals surface area contributed by atoms with E-state index in [1.165, 1.54) is 34.7 Å². The summed E-state index contributed by atoms with van der Waals surface area (Å²) in [5.41, 5.74) is 24.3. The standard InChI is InChI=1S/C28H29N5O3.C25H32N4O3.C25H26N4O3.C24H25N5O3/c1-18(34)32-10-8-26-24(16-32)28(30-33(26)23-9-11-36-17-23)21-5-3-4-20(14-21)27(35)13-19-6-7-25-22(12-19)15-29-31(25)2;1-16(2)28-14-18-5-4-6-20(21(18)13-24(28)31)25-22-15-27(17(3)30)10-7-23(22)29(26-25)19-8-11-32-12-9-19;1-17(30)28-10-7-23-22(15-28)25(27-29(23)21-8-11-32-16-21)20-6-2-5-19(13-20)24(31)12-18-4-3-9-26-14-18;1-16(30)28-7-5-22-21(13-28)24(27-29(22)20-6-8-32-14-20)19-4-2-3-18(10-19)23(31)9-17-11-25-15-26-12-17/h3-7,12,14-15,23H,8-11,13,16-17H2,1-2H3;4-6,16,19H,7-15H2,1-3H3;2-6,9,13-14,21H,7-8,10-12,15-16H2,1H3;2-4,10-12,15,20H,5-9,13-14H2,1H3. The number of carbonyl (C=O) groups excluding carboxylic acids is 8. The topological polar surface area (TPSA) is 317 Å². The van der Waals surface area contributed by atoms with Gasteiger partial charge in [0.1, 0.15) is 6.33 Å². The molecule has 5 aromatic carbocycles. The molecule has 0 saturated carbocycles. The number of aromatic nitrogens is 13. The van der Waals surface area contributed by atoms with Gasteiger partial charge in [-0.05, 0) is 110 Å². The molecule has 682 valence electrons. The number of pyridine rings is 1. The van der Waals surface area contributed by atoms with E-state index in [2.05, 4.69) is 70.8 Å². The molecule has 0 bridgehead atoms. The van der Waals surface area contributed by atoms with Gasteiger partial charge < -0.3 is 43.4 Å². The van der Waals surface area contributed by atoms with E-state index in [1.54, 1.807) is 52.5 Å². The summed E-state index contributed by atoms with van der Waals surface area (Å²) in [5.74, 6) is 0.570. The Morgan fingerprint density at radius 3 is 1.25 bits per heavy atom. The van der Waals surface area contributed by atoms with Gasteiger partial charge in [-0.1, -0.05) is 84.9 Å². The average Bonchev–Trinajstić information content (AvgIpc) is 1.63. The number of fused-ring (bicyclic) bond motifs is 6. The van der Waals surface area contributed by atoms with Crippen LogP contribution in [0, 0.1) is 0 Å². The van der Waals surface area contributed by atoms with E-state index >= 15 is 0 Å². The summed E-state index contributed by atoms with van der Waals surface area (Å²) in [4.78, 5) is 122. The normalized spacial score (nSPS) is 18.1. The monoisotopic (exact) mass is 1780 g/mol. The van der Waals surface area contributed by atoms with Crippen LogP contribution in [0.5, 0.6) is 0 Å². The summed E-state index contributed by atoms with van der Waals surface area (Å²) in [5, 5.41) is 25.5. The van der Waals surface area contributed by atoms with Crippen molar-refractivity contribution >= 4 is 57.8 Å². The zero-order valence-electron chi connectivity index (χ0n) is 76.1. The number of hydrogen-bond donors (Lipinski definition) is 0. The van der Waals surface area contributed by atoms with Gasteiger partial charge in [-0.25, -0.2) is 9.97 Å². The molecule has 7 aromatic heterocycles. The lowest BCUT2D eigenvalue weighted by Gasteiger charge is -2.33. The lowest BCUT2D eigenvalue weighted by atomic mass is 9.90. The number of hydrogen-bond acceptors (Lipinski definition) is 20. The maximum absolute atomic E-state index is 13.3. The summed E-state index contributed by atoms with van der Waals surface area (Å²) in [6.45, 7) is 22.0. The van der Waals surface area contributed by atoms with E-state index in [0.29, 0.717) is 114 Å². The third kappa shape index (κ3) is 19.2. The Morgan fingerprint density at radius 2 is 0.818 bits per heavy atom. The van der Waals surface area contributed by atoms with Crippen LogP contribution in [0.4, 0.5) is 0 Å². The number of carbonyl (C=O) groups is 8. The van der Waals surface area contributed by atoms with Crippen molar-refractivity contribution in [2.24, 2.45) is 7.05 Å². The lowest BCUT2D eigenvalue weighted by Crippen LogP contribution is -2.41. The quantitative estimate of drug-likeness (QED) is 0.0720. The minimum Gasteiger partial charge on any atom is -0.381 e. The van der Waals surface area contributed by atoms with Gasteiger partial charge in [-0.15, -0.1) is 0 Å². The molecule has 21 rings (SSSR count). The molecule has 0 aliphatic carbocycles. The molecule has 16 heterocycles. The zero-order chi connectivity index (χ0) is 91.4. The van der Waals surface area contributed by atoms with E-state index in [1.807, 2.05) is 146 Å². The van der Waals surface area contributed by atoms with Crippen LogP contribution in [-0.2, 0) is 134 Å². The van der Waals surface area contributed by atoms with Crippen molar-refractivity contribution in [3.05, 3.63) is 248 Å². The fourth-order valence-electron chi connectivity index (χ4n) is 19.9. The maximum atomic E-state index is 13.3. The zero-order valence-corrected chi connectivity index (χ0v) is 76.1. The van der Waals surface area contributed by atoms with Gasteiger partial charge in [0.2, 0.25) is 29.5 Å². The van der Waals surface area contributed by atoms with E-state index in [-0.39, 0.29) is 77.5 Å². The highest BCUT2D eigenvalue weighted by Gasteiger charge is 2.38. The Labute approximate surface area is 766 Å². The first kappa shape index (κ1) is 89.4. The van der Waals surface area contributed by atoms with Crippen LogP contribution < -0.4 is 0 Å². The van der Waals surface area contributed by atoms with Crippen LogP contribution in [0.25, 0.3) is 55.9 Å². The Bertz CT molecular complexity index is 6160. The van der Waals surface area contributed by atoms with Gasteiger partial charge in [0, 0.05) is 292 Å². The first-order valence-electron chi connectivity index (χ1n) is 46.2. The summed E-state index contributed by atoms with van der Waals surface area (Å²) in [7, 11) is 1.91. The number of rotatable bonds is 18. The van der Waals surface area contributed by atoms with E-state index in [0.717, 1.165) is 198 Å². The Balaban J connectivity index is 0.000000118. The van der Waals surface area contributed by atoms with Crippen LogP contribution in [0.1, 0.15) is 202 Å². The Kier molecular flexibility index (Phi) is 26.8.